The molecule has 5 heteroatoms. The Balaban J connectivity index is 1.33. The van der Waals surface area contributed by atoms with Crippen molar-refractivity contribution in [2.45, 2.75) is 19.1 Å². The van der Waals surface area contributed by atoms with Crippen LogP contribution in [0.2, 0.25) is 0 Å². The van der Waals surface area contributed by atoms with Gasteiger partial charge in [0.2, 0.25) is 0 Å². The highest BCUT2D eigenvalue weighted by molar-refractivity contribution is 5.31. The quantitative estimate of drug-likeness (QED) is 0.858. The number of rotatable bonds is 4. The van der Waals surface area contributed by atoms with Gasteiger partial charge in [0.05, 0.1) is 19.3 Å². The number of benzene rings is 1. The molecule has 1 unspecified atom stereocenters. The van der Waals surface area contributed by atoms with Crippen LogP contribution >= 0.6 is 0 Å². The van der Waals surface area contributed by atoms with Crippen LogP contribution in [0.25, 0.3) is 0 Å². The molecule has 1 atom stereocenters. The minimum Gasteiger partial charge on any atom is -0.372 e. The van der Waals surface area contributed by atoms with Crippen molar-refractivity contribution in [3.8, 4) is 0 Å². The minimum atomic E-state index is -0.0181. The topological polar surface area (TPSA) is 47.4 Å². The van der Waals surface area contributed by atoms with Crippen molar-refractivity contribution in [3.05, 3.63) is 64.1 Å². The average molecular weight is 311 g/mol. The Kier molecular flexibility index (Phi) is 3.97. The normalized spacial score (nSPS) is 21.7. The van der Waals surface area contributed by atoms with E-state index < -0.39 is 0 Å². The van der Waals surface area contributed by atoms with Gasteiger partial charge in [-0.2, -0.15) is 5.10 Å². The Morgan fingerprint density at radius 1 is 1.13 bits per heavy atom. The van der Waals surface area contributed by atoms with E-state index in [0.717, 1.165) is 32.7 Å². The molecule has 2 aliphatic rings. The number of likely N-dealkylation sites (tertiary alicyclic amines) is 1. The van der Waals surface area contributed by atoms with Gasteiger partial charge in [-0.15, -0.1) is 0 Å². The summed E-state index contributed by atoms with van der Waals surface area (Å²) in [4.78, 5) is 14.1. The number of hydrogen-bond acceptors (Lipinski definition) is 4. The number of aromatic nitrogens is 2. The third-order valence-corrected chi connectivity index (χ3v) is 4.77. The maximum atomic E-state index is 11.7. The molecule has 0 bridgehead atoms. The molecule has 1 aromatic heterocycles. The van der Waals surface area contributed by atoms with Gasteiger partial charge in [-0.05, 0) is 23.6 Å². The fraction of sp³-hybridized carbons (Fsp3) is 0.444. The second kappa shape index (κ2) is 6.26. The first kappa shape index (κ1) is 14.6. The Hall–Kier alpha value is -1.98. The van der Waals surface area contributed by atoms with E-state index in [-0.39, 0.29) is 11.7 Å². The summed E-state index contributed by atoms with van der Waals surface area (Å²) in [5.41, 5.74) is 2.74. The van der Waals surface area contributed by atoms with Crippen molar-refractivity contribution in [3.63, 3.8) is 0 Å². The van der Waals surface area contributed by atoms with E-state index >= 15 is 0 Å². The maximum Gasteiger partial charge on any atom is 0.266 e. The van der Waals surface area contributed by atoms with Crippen molar-refractivity contribution < 1.29 is 4.74 Å². The fourth-order valence-electron chi connectivity index (χ4n) is 3.57. The van der Waals surface area contributed by atoms with E-state index in [2.05, 4.69) is 34.3 Å². The van der Waals surface area contributed by atoms with Crippen LogP contribution in [-0.2, 0) is 17.7 Å². The van der Waals surface area contributed by atoms with Gasteiger partial charge in [0.15, 0.2) is 0 Å². The highest BCUT2D eigenvalue weighted by Gasteiger charge is 2.31. The van der Waals surface area contributed by atoms with Crippen molar-refractivity contribution >= 4 is 0 Å². The molecule has 2 aliphatic heterocycles. The van der Waals surface area contributed by atoms with Crippen molar-refractivity contribution in [2.75, 3.05) is 26.2 Å². The summed E-state index contributed by atoms with van der Waals surface area (Å²) in [5, 5.41) is 4.13. The zero-order valence-electron chi connectivity index (χ0n) is 13.1. The van der Waals surface area contributed by atoms with Crippen LogP contribution < -0.4 is 5.56 Å². The molecule has 5 nitrogen and oxygen atoms in total. The highest BCUT2D eigenvalue weighted by atomic mass is 16.5. The highest BCUT2D eigenvalue weighted by Crippen LogP contribution is 2.29. The molecule has 0 saturated carbocycles. The Bertz CT molecular complexity index is 737. The van der Waals surface area contributed by atoms with E-state index in [4.69, 9.17) is 4.74 Å². The Morgan fingerprint density at radius 3 is 2.87 bits per heavy atom. The molecule has 23 heavy (non-hydrogen) atoms. The minimum absolute atomic E-state index is 0.0181. The van der Waals surface area contributed by atoms with E-state index in [9.17, 15) is 4.79 Å². The smallest absolute Gasteiger partial charge is 0.266 e. The summed E-state index contributed by atoms with van der Waals surface area (Å²) in [6.07, 6.45) is 2.86. The zero-order valence-corrected chi connectivity index (χ0v) is 13.1. The lowest BCUT2D eigenvalue weighted by molar-refractivity contribution is -0.0176. The second-order valence-corrected chi connectivity index (χ2v) is 6.44. The first-order valence-corrected chi connectivity index (χ1v) is 8.23. The molecule has 4 rings (SSSR count). The molecular formula is C18H21N3O2. The summed E-state index contributed by atoms with van der Waals surface area (Å²) >= 11 is 0. The lowest BCUT2D eigenvalue weighted by Gasteiger charge is -2.42. The van der Waals surface area contributed by atoms with Crippen LogP contribution in [0.5, 0.6) is 0 Å². The van der Waals surface area contributed by atoms with Gasteiger partial charge >= 0.3 is 0 Å². The molecular weight excluding hydrogens is 290 g/mol. The van der Waals surface area contributed by atoms with Crippen LogP contribution in [0.4, 0.5) is 0 Å². The summed E-state index contributed by atoms with van der Waals surface area (Å²) in [5.74, 6) is 0.501. The molecule has 0 spiro atoms. The largest absolute Gasteiger partial charge is 0.372 e. The van der Waals surface area contributed by atoms with Gasteiger partial charge in [-0.25, -0.2) is 4.68 Å². The summed E-state index contributed by atoms with van der Waals surface area (Å²) in [6.45, 7) is 4.46. The third-order valence-electron chi connectivity index (χ3n) is 4.77. The molecule has 1 aromatic carbocycles. The van der Waals surface area contributed by atoms with Gasteiger partial charge in [-0.1, -0.05) is 24.3 Å². The molecule has 3 heterocycles. The summed E-state index contributed by atoms with van der Waals surface area (Å²) < 4.78 is 7.54. The van der Waals surface area contributed by atoms with E-state index in [1.165, 1.54) is 11.1 Å². The summed E-state index contributed by atoms with van der Waals surface area (Å²) in [6, 6.07) is 11.8. The van der Waals surface area contributed by atoms with Gasteiger partial charge in [0.25, 0.3) is 5.56 Å². The van der Waals surface area contributed by atoms with Gasteiger partial charge in [0.1, 0.15) is 0 Å². The van der Waals surface area contributed by atoms with Crippen LogP contribution in [0.3, 0.4) is 0 Å². The zero-order chi connectivity index (χ0) is 15.6. The predicted octanol–water partition coefficient (Wildman–Crippen LogP) is 1.49. The van der Waals surface area contributed by atoms with Crippen LogP contribution in [-0.4, -0.2) is 40.9 Å². The summed E-state index contributed by atoms with van der Waals surface area (Å²) in [7, 11) is 0. The van der Waals surface area contributed by atoms with Gasteiger partial charge in [0, 0.05) is 37.8 Å². The molecule has 0 N–H and O–H groups in total. The number of ether oxygens (including phenoxy) is 1. The maximum absolute atomic E-state index is 11.7. The van der Waals surface area contributed by atoms with E-state index in [0.29, 0.717) is 12.5 Å². The van der Waals surface area contributed by atoms with Crippen LogP contribution in [0.1, 0.15) is 17.2 Å². The van der Waals surface area contributed by atoms with Crippen molar-refractivity contribution in [1.29, 1.82) is 0 Å². The van der Waals surface area contributed by atoms with Gasteiger partial charge < -0.3 is 4.74 Å². The standard InChI is InChI=1S/C18H21N3O2/c22-18-6-3-8-19-21(18)12-14-10-20(11-14)13-17-16-5-2-1-4-15(16)7-9-23-17/h1-6,8,14,17H,7,9-13H2. The lowest BCUT2D eigenvalue weighted by atomic mass is 9.94. The van der Waals surface area contributed by atoms with Crippen molar-refractivity contribution in [1.82, 2.24) is 14.7 Å². The first-order chi connectivity index (χ1) is 11.3. The van der Waals surface area contributed by atoms with Gasteiger partial charge in [-0.3, -0.25) is 9.69 Å². The second-order valence-electron chi connectivity index (χ2n) is 6.44. The average Bonchev–Trinajstić information content (AvgIpc) is 2.55. The monoisotopic (exact) mass is 311 g/mol. The molecule has 2 aromatic rings. The van der Waals surface area contributed by atoms with E-state index in [1.807, 2.05) is 0 Å². The SMILES string of the molecule is O=c1cccnn1CC1CN(CC2OCCc3ccccc32)C1. The molecule has 0 amide bonds. The Labute approximate surface area is 135 Å². The number of nitrogens with zero attached hydrogens (tertiary/aromatic N) is 3. The predicted molar refractivity (Wildman–Crippen MR) is 87.3 cm³/mol. The molecule has 0 aliphatic carbocycles. The van der Waals surface area contributed by atoms with Crippen molar-refractivity contribution in [2.24, 2.45) is 5.92 Å². The number of hydrogen-bond donors (Lipinski definition) is 0. The molecule has 0 radical (unpaired) electrons. The third kappa shape index (κ3) is 3.07. The number of fused-ring (bicyclic) bond motifs is 1. The molecule has 1 fully saturated rings. The first-order valence-electron chi connectivity index (χ1n) is 8.23. The molecule has 120 valence electrons. The van der Waals surface area contributed by atoms with E-state index in [1.54, 1.807) is 23.0 Å². The fourth-order valence-corrected chi connectivity index (χ4v) is 3.57. The Morgan fingerprint density at radius 2 is 2.00 bits per heavy atom. The lowest BCUT2D eigenvalue weighted by Crippen LogP contribution is -2.51. The van der Waals surface area contributed by atoms with Crippen LogP contribution in [0.15, 0.2) is 47.4 Å². The van der Waals surface area contributed by atoms with Crippen LogP contribution in [0, 0.1) is 5.92 Å². The molecule has 1 saturated heterocycles.